The summed E-state index contributed by atoms with van der Waals surface area (Å²) < 4.78 is 0. The highest BCUT2D eigenvalue weighted by molar-refractivity contribution is 5.78. The molecule has 2 unspecified atom stereocenters. The number of piperazine rings is 1. The number of hydrogen-bond acceptors (Lipinski definition) is 4. The van der Waals surface area contributed by atoms with Crippen LogP contribution in [0, 0.1) is 34.5 Å². The summed E-state index contributed by atoms with van der Waals surface area (Å²) in [4.78, 5) is 17.0. The number of carbonyl (C=O) groups is 1. The van der Waals surface area contributed by atoms with Crippen LogP contribution < -0.4 is 5.32 Å². The normalized spacial score (nSPS) is 32.5. The van der Waals surface area contributed by atoms with Gasteiger partial charge in [0.15, 0.2) is 0 Å². The van der Waals surface area contributed by atoms with Crippen molar-refractivity contribution in [2.45, 2.75) is 45.1 Å². The highest BCUT2D eigenvalue weighted by atomic mass is 16.2. The van der Waals surface area contributed by atoms with Crippen LogP contribution in [0.15, 0.2) is 24.3 Å². The SMILES string of the molecule is N#Cc1ccccc1CN1CCN(C(=O)CNCCC23CC4CC(CC2C4)C3)CC1. The van der Waals surface area contributed by atoms with E-state index in [1.54, 1.807) is 0 Å². The Kier molecular flexibility index (Phi) is 5.56. The molecule has 1 aromatic rings. The lowest BCUT2D eigenvalue weighted by molar-refractivity contribution is -0.132. The van der Waals surface area contributed by atoms with E-state index in [1.807, 2.05) is 29.2 Å². The van der Waals surface area contributed by atoms with Gasteiger partial charge in [-0.05, 0) is 79.9 Å². The van der Waals surface area contributed by atoms with Gasteiger partial charge in [0.25, 0.3) is 0 Å². The summed E-state index contributed by atoms with van der Waals surface area (Å²) in [5.41, 5.74) is 2.45. The molecule has 1 aromatic carbocycles. The zero-order chi connectivity index (χ0) is 20.6. The molecule has 1 heterocycles. The van der Waals surface area contributed by atoms with Gasteiger partial charge < -0.3 is 10.2 Å². The number of nitriles is 1. The Hall–Kier alpha value is -1.90. The van der Waals surface area contributed by atoms with Gasteiger partial charge in [-0.3, -0.25) is 9.69 Å². The molecule has 0 aromatic heterocycles. The fourth-order valence-electron chi connectivity index (χ4n) is 7.18. The number of hydrogen-bond donors (Lipinski definition) is 1. The molecule has 0 radical (unpaired) electrons. The third-order valence-corrected chi connectivity index (χ3v) is 8.49. The third-order valence-electron chi connectivity index (χ3n) is 8.49. The molecular weight excluding hydrogens is 372 g/mol. The zero-order valence-electron chi connectivity index (χ0n) is 18.0. The van der Waals surface area contributed by atoms with E-state index < -0.39 is 0 Å². The number of rotatable bonds is 7. The van der Waals surface area contributed by atoms with Crippen molar-refractivity contribution in [2.75, 3.05) is 39.3 Å². The highest BCUT2D eigenvalue weighted by Gasteiger charge is 2.56. The lowest BCUT2D eigenvalue weighted by Gasteiger charge is -2.35. The highest BCUT2D eigenvalue weighted by Crippen LogP contribution is 2.66. The topological polar surface area (TPSA) is 59.4 Å². The van der Waals surface area contributed by atoms with Gasteiger partial charge in [0.2, 0.25) is 5.91 Å². The van der Waals surface area contributed by atoms with Crippen molar-refractivity contribution in [3.63, 3.8) is 0 Å². The number of nitrogens with one attached hydrogen (secondary N) is 1. The monoisotopic (exact) mass is 406 g/mol. The van der Waals surface area contributed by atoms with Crippen molar-refractivity contribution < 1.29 is 4.79 Å². The fourth-order valence-corrected chi connectivity index (χ4v) is 7.18. The minimum Gasteiger partial charge on any atom is -0.339 e. The minimum absolute atomic E-state index is 0.238. The number of nitrogens with zero attached hydrogens (tertiary/aromatic N) is 3. The van der Waals surface area contributed by atoms with Crippen LogP contribution in [-0.4, -0.2) is 55.0 Å². The van der Waals surface area contributed by atoms with Crippen LogP contribution in [0.2, 0.25) is 0 Å². The second kappa shape index (κ2) is 8.32. The molecule has 160 valence electrons. The molecule has 5 aliphatic rings. The van der Waals surface area contributed by atoms with E-state index in [0.717, 1.165) is 68.1 Å². The molecule has 1 N–H and O–H groups in total. The van der Waals surface area contributed by atoms with Gasteiger partial charge in [-0.1, -0.05) is 18.2 Å². The van der Waals surface area contributed by atoms with Crippen LogP contribution >= 0.6 is 0 Å². The molecular formula is C25H34N4O. The van der Waals surface area contributed by atoms with E-state index in [0.29, 0.717) is 12.0 Å². The van der Waals surface area contributed by atoms with Gasteiger partial charge in [0.05, 0.1) is 18.2 Å². The summed E-state index contributed by atoms with van der Waals surface area (Å²) in [7, 11) is 0. The van der Waals surface area contributed by atoms with E-state index in [1.165, 1.54) is 38.5 Å². The molecule has 4 aliphatic carbocycles. The third kappa shape index (κ3) is 3.88. The second-order valence-electron chi connectivity index (χ2n) is 10.3. The first-order valence-electron chi connectivity index (χ1n) is 11.8. The van der Waals surface area contributed by atoms with Crippen molar-refractivity contribution in [3.8, 4) is 6.07 Å². The second-order valence-corrected chi connectivity index (χ2v) is 10.3. The van der Waals surface area contributed by atoms with E-state index >= 15 is 0 Å². The van der Waals surface area contributed by atoms with E-state index in [9.17, 15) is 10.1 Å². The summed E-state index contributed by atoms with van der Waals surface area (Å²) in [5, 5.41) is 12.7. The maximum absolute atomic E-state index is 12.6. The predicted molar refractivity (Wildman–Crippen MR) is 116 cm³/mol. The molecule has 1 aliphatic heterocycles. The lowest BCUT2D eigenvalue weighted by atomic mass is 9.73. The lowest BCUT2D eigenvalue weighted by Crippen LogP contribution is -2.50. The summed E-state index contributed by atoms with van der Waals surface area (Å²) in [6.45, 7) is 5.57. The van der Waals surface area contributed by atoms with Crippen molar-refractivity contribution >= 4 is 5.91 Å². The average molecular weight is 407 g/mol. The van der Waals surface area contributed by atoms with Crippen LogP contribution in [0.1, 0.15) is 49.7 Å². The van der Waals surface area contributed by atoms with E-state index in [-0.39, 0.29) is 5.91 Å². The van der Waals surface area contributed by atoms with Gasteiger partial charge in [-0.25, -0.2) is 0 Å². The van der Waals surface area contributed by atoms with Gasteiger partial charge in [-0.15, -0.1) is 0 Å². The molecule has 6 rings (SSSR count). The predicted octanol–water partition coefficient (Wildman–Crippen LogP) is 3.01. The first-order chi connectivity index (χ1) is 14.6. The van der Waals surface area contributed by atoms with Crippen molar-refractivity contribution in [2.24, 2.45) is 23.2 Å². The largest absolute Gasteiger partial charge is 0.339 e. The fraction of sp³-hybridized carbons (Fsp3) is 0.680. The van der Waals surface area contributed by atoms with Crippen LogP contribution in [0.3, 0.4) is 0 Å². The molecule has 5 heteroatoms. The molecule has 5 nitrogen and oxygen atoms in total. The smallest absolute Gasteiger partial charge is 0.236 e. The zero-order valence-corrected chi connectivity index (χ0v) is 18.0. The molecule has 2 atom stereocenters. The van der Waals surface area contributed by atoms with Crippen LogP contribution in [-0.2, 0) is 11.3 Å². The van der Waals surface area contributed by atoms with Gasteiger partial charge in [-0.2, -0.15) is 5.26 Å². The quantitative estimate of drug-likeness (QED) is 0.707. The van der Waals surface area contributed by atoms with E-state index in [2.05, 4.69) is 16.3 Å². The van der Waals surface area contributed by atoms with Gasteiger partial charge in [0, 0.05) is 32.7 Å². The molecule has 1 amide bonds. The van der Waals surface area contributed by atoms with Crippen LogP contribution in [0.4, 0.5) is 0 Å². The molecule has 4 saturated carbocycles. The Bertz CT molecular complexity index is 809. The average Bonchev–Trinajstić information content (AvgIpc) is 3.15. The van der Waals surface area contributed by atoms with Gasteiger partial charge in [0.1, 0.15) is 0 Å². The van der Waals surface area contributed by atoms with Crippen molar-refractivity contribution in [3.05, 3.63) is 35.4 Å². The molecule has 30 heavy (non-hydrogen) atoms. The first-order valence-corrected chi connectivity index (χ1v) is 11.8. The Morgan fingerprint density at radius 2 is 1.83 bits per heavy atom. The number of amides is 1. The minimum atomic E-state index is 0.238. The van der Waals surface area contributed by atoms with Crippen LogP contribution in [0.25, 0.3) is 0 Å². The Balaban J connectivity index is 1.03. The Morgan fingerprint density at radius 1 is 1.10 bits per heavy atom. The van der Waals surface area contributed by atoms with Gasteiger partial charge >= 0.3 is 0 Å². The molecule has 4 bridgehead atoms. The summed E-state index contributed by atoms with van der Waals surface area (Å²) in [5.74, 6) is 3.25. The number of benzene rings is 1. The summed E-state index contributed by atoms with van der Waals surface area (Å²) >= 11 is 0. The number of carbonyl (C=O) groups excluding carboxylic acids is 1. The molecule has 5 fully saturated rings. The first kappa shape index (κ1) is 20.0. The molecule has 1 saturated heterocycles. The molecule has 0 spiro atoms. The summed E-state index contributed by atoms with van der Waals surface area (Å²) in [6, 6.07) is 10.1. The van der Waals surface area contributed by atoms with E-state index in [4.69, 9.17) is 0 Å². The standard InChI is InChI=1S/C25H34N4O/c26-16-21-3-1-2-4-22(21)18-28-7-9-29(10-8-28)24(30)17-27-6-5-25-14-19-11-20(15-25)13-23(25)12-19/h1-4,19-20,23,27H,5-15,17-18H2. The summed E-state index contributed by atoms with van der Waals surface area (Å²) in [6.07, 6.45) is 8.65. The Labute approximate surface area is 180 Å². The van der Waals surface area contributed by atoms with Crippen LogP contribution in [0.5, 0.6) is 0 Å². The Morgan fingerprint density at radius 3 is 2.57 bits per heavy atom. The van der Waals surface area contributed by atoms with Crippen molar-refractivity contribution in [1.82, 2.24) is 15.1 Å². The maximum atomic E-state index is 12.6. The van der Waals surface area contributed by atoms with Crippen molar-refractivity contribution in [1.29, 1.82) is 5.26 Å². The maximum Gasteiger partial charge on any atom is 0.236 e.